The van der Waals surface area contributed by atoms with Gasteiger partial charge >= 0.3 is 18.3 Å². The Morgan fingerprint density at radius 3 is 2.04 bits per heavy atom. The van der Waals surface area contributed by atoms with Gasteiger partial charge in [-0.25, -0.2) is 0 Å². The third kappa shape index (κ3) is 5.59. The first-order chi connectivity index (χ1) is 10.8. The standard InChI is InChI=1S/C14H15F6NO3/c15-13(16,17)6-1-7-24-10-4-2-9(3-5-10)12(21,8-11(22)23)14(18,19)20/h2-5H,1,6-8,21H2,(H,22,23). The Kier molecular flexibility index (Phi) is 6.09. The highest BCUT2D eigenvalue weighted by Crippen LogP contribution is 2.39. The maximum absolute atomic E-state index is 13.1. The van der Waals surface area contributed by atoms with Crippen molar-refractivity contribution in [2.24, 2.45) is 5.73 Å². The minimum atomic E-state index is -5.00. The van der Waals surface area contributed by atoms with Crippen LogP contribution in [0.1, 0.15) is 24.8 Å². The van der Waals surface area contributed by atoms with Gasteiger partial charge in [-0.05, 0) is 24.1 Å². The third-order valence-electron chi connectivity index (χ3n) is 3.18. The SMILES string of the molecule is NC(CC(=O)O)(c1ccc(OCCCC(F)(F)F)cc1)C(F)(F)F. The molecule has 0 fully saturated rings. The van der Waals surface area contributed by atoms with Crippen LogP contribution in [0.4, 0.5) is 26.3 Å². The Hall–Kier alpha value is -1.97. The summed E-state index contributed by atoms with van der Waals surface area (Å²) in [7, 11) is 0. The summed E-state index contributed by atoms with van der Waals surface area (Å²) in [5.74, 6) is -1.66. The number of carboxylic acid groups (broad SMARTS) is 1. The highest BCUT2D eigenvalue weighted by atomic mass is 19.4. The number of ether oxygens (including phenoxy) is 1. The molecule has 0 amide bonds. The molecule has 1 aromatic rings. The first-order valence-corrected chi connectivity index (χ1v) is 6.73. The van der Waals surface area contributed by atoms with Crippen molar-refractivity contribution in [1.82, 2.24) is 0 Å². The van der Waals surface area contributed by atoms with Crippen molar-refractivity contribution in [3.8, 4) is 5.75 Å². The van der Waals surface area contributed by atoms with Gasteiger partial charge in [-0.15, -0.1) is 0 Å². The van der Waals surface area contributed by atoms with Gasteiger partial charge in [0.25, 0.3) is 0 Å². The van der Waals surface area contributed by atoms with E-state index in [4.69, 9.17) is 15.6 Å². The van der Waals surface area contributed by atoms with Gasteiger partial charge in [0.15, 0.2) is 0 Å². The van der Waals surface area contributed by atoms with Crippen molar-refractivity contribution < 1.29 is 41.0 Å². The molecule has 136 valence electrons. The van der Waals surface area contributed by atoms with Crippen LogP contribution < -0.4 is 10.5 Å². The number of halogens is 6. The lowest BCUT2D eigenvalue weighted by Gasteiger charge is -2.30. The number of alkyl halides is 6. The van der Waals surface area contributed by atoms with E-state index in [2.05, 4.69) is 0 Å². The average Bonchev–Trinajstić information content (AvgIpc) is 2.41. The highest BCUT2D eigenvalue weighted by Gasteiger charge is 2.54. The molecule has 1 rings (SSSR count). The zero-order chi connectivity index (χ0) is 18.6. The largest absolute Gasteiger partial charge is 0.494 e. The van der Waals surface area contributed by atoms with Crippen molar-refractivity contribution in [2.45, 2.75) is 37.2 Å². The smallest absolute Gasteiger partial charge is 0.411 e. The molecule has 1 atom stereocenters. The Bertz CT molecular complexity index is 555. The number of carbonyl (C=O) groups is 1. The zero-order valence-electron chi connectivity index (χ0n) is 12.2. The van der Waals surface area contributed by atoms with Crippen LogP contribution >= 0.6 is 0 Å². The quantitative estimate of drug-likeness (QED) is 0.576. The Morgan fingerprint density at radius 1 is 1.08 bits per heavy atom. The molecule has 0 aromatic heterocycles. The molecule has 1 unspecified atom stereocenters. The Morgan fingerprint density at radius 2 is 1.62 bits per heavy atom. The number of carboxylic acids is 1. The summed E-state index contributed by atoms with van der Waals surface area (Å²) in [5, 5.41) is 8.64. The van der Waals surface area contributed by atoms with Crippen LogP contribution in [0.25, 0.3) is 0 Å². The molecule has 0 aliphatic carbocycles. The van der Waals surface area contributed by atoms with Gasteiger partial charge < -0.3 is 15.6 Å². The third-order valence-corrected chi connectivity index (χ3v) is 3.18. The molecular weight excluding hydrogens is 344 g/mol. The maximum atomic E-state index is 13.1. The molecule has 0 heterocycles. The van der Waals surface area contributed by atoms with E-state index in [0.717, 1.165) is 24.3 Å². The number of hydrogen-bond donors (Lipinski definition) is 2. The zero-order valence-corrected chi connectivity index (χ0v) is 12.2. The first-order valence-electron chi connectivity index (χ1n) is 6.73. The molecule has 0 radical (unpaired) electrons. The van der Waals surface area contributed by atoms with Gasteiger partial charge in [0, 0.05) is 6.42 Å². The number of rotatable bonds is 7. The van der Waals surface area contributed by atoms with Crippen LogP contribution in [0.15, 0.2) is 24.3 Å². The molecule has 4 nitrogen and oxygen atoms in total. The number of nitrogens with two attached hydrogens (primary N) is 1. The summed E-state index contributed by atoms with van der Waals surface area (Å²) in [5.41, 5.74) is 1.68. The minimum Gasteiger partial charge on any atom is -0.494 e. The lowest BCUT2D eigenvalue weighted by molar-refractivity contribution is -0.196. The number of hydrogen-bond acceptors (Lipinski definition) is 3. The lowest BCUT2D eigenvalue weighted by atomic mass is 9.87. The first kappa shape index (κ1) is 20.1. The minimum absolute atomic E-state index is 0.0563. The molecule has 0 aliphatic heterocycles. The van der Waals surface area contributed by atoms with E-state index in [1.807, 2.05) is 0 Å². The van der Waals surface area contributed by atoms with Crippen molar-refractivity contribution >= 4 is 5.97 Å². The second-order valence-corrected chi connectivity index (χ2v) is 5.13. The van der Waals surface area contributed by atoms with Crippen LogP contribution in [-0.4, -0.2) is 30.0 Å². The van der Waals surface area contributed by atoms with E-state index in [0.29, 0.717) is 0 Å². The van der Waals surface area contributed by atoms with E-state index < -0.39 is 42.3 Å². The van der Waals surface area contributed by atoms with Crippen molar-refractivity contribution in [3.63, 3.8) is 0 Å². The molecule has 0 spiro atoms. The average molecular weight is 359 g/mol. The number of benzene rings is 1. The molecule has 0 bridgehead atoms. The van der Waals surface area contributed by atoms with Crippen LogP contribution in [0, 0.1) is 0 Å². The van der Waals surface area contributed by atoms with Crippen LogP contribution in [0.5, 0.6) is 5.75 Å². The normalized spacial score (nSPS) is 15.0. The van der Waals surface area contributed by atoms with E-state index in [1.54, 1.807) is 0 Å². The van der Waals surface area contributed by atoms with Gasteiger partial charge in [-0.3, -0.25) is 4.79 Å². The predicted molar refractivity (Wildman–Crippen MR) is 71.4 cm³/mol. The van der Waals surface area contributed by atoms with Crippen molar-refractivity contribution in [2.75, 3.05) is 6.61 Å². The second-order valence-electron chi connectivity index (χ2n) is 5.13. The molecule has 10 heteroatoms. The summed E-state index contributed by atoms with van der Waals surface area (Å²) in [6, 6.07) is 4.07. The summed E-state index contributed by atoms with van der Waals surface area (Å²) in [6.07, 6.45) is -12.0. The van der Waals surface area contributed by atoms with E-state index >= 15 is 0 Å². The second kappa shape index (κ2) is 7.29. The van der Waals surface area contributed by atoms with Gasteiger partial charge in [-0.1, -0.05) is 12.1 Å². The fourth-order valence-electron chi connectivity index (χ4n) is 1.92. The van der Waals surface area contributed by atoms with Gasteiger partial charge in [0.05, 0.1) is 13.0 Å². The number of aliphatic carboxylic acids is 1. The molecule has 0 saturated heterocycles. The summed E-state index contributed by atoms with van der Waals surface area (Å²) in [6.45, 7) is -0.263. The summed E-state index contributed by atoms with van der Waals surface area (Å²) >= 11 is 0. The topological polar surface area (TPSA) is 72.6 Å². The summed E-state index contributed by atoms with van der Waals surface area (Å²) < 4.78 is 80.1. The van der Waals surface area contributed by atoms with Gasteiger partial charge in [0.1, 0.15) is 11.3 Å². The van der Waals surface area contributed by atoms with Crippen molar-refractivity contribution in [1.29, 1.82) is 0 Å². The highest BCUT2D eigenvalue weighted by molar-refractivity contribution is 5.69. The van der Waals surface area contributed by atoms with Crippen LogP contribution in [-0.2, 0) is 10.3 Å². The monoisotopic (exact) mass is 359 g/mol. The van der Waals surface area contributed by atoms with Crippen LogP contribution in [0.3, 0.4) is 0 Å². The van der Waals surface area contributed by atoms with Crippen LogP contribution in [0.2, 0.25) is 0 Å². The molecule has 3 N–H and O–H groups in total. The fraction of sp³-hybridized carbons (Fsp3) is 0.500. The molecule has 24 heavy (non-hydrogen) atoms. The molecule has 1 aromatic carbocycles. The Labute approximate surface area is 133 Å². The van der Waals surface area contributed by atoms with Gasteiger partial charge in [0.2, 0.25) is 0 Å². The van der Waals surface area contributed by atoms with E-state index in [-0.39, 0.29) is 18.8 Å². The Balaban J connectivity index is 2.79. The maximum Gasteiger partial charge on any atom is 0.411 e. The van der Waals surface area contributed by atoms with Crippen molar-refractivity contribution in [3.05, 3.63) is 29.8 Å². The van der Waals surface area contributed by atoms with E-state index in [1.165, 1.54) is 0 Å². The molecular formula is C14H15F6NO3. The molecule has 0 aliphatic rings. The fourth-order valence-corrected chi connectivity index (χ4v) is 1.92. The lowest BCUT2D eigenvalue weighted by Crippen LogP contribution is -2.51. The van der Waals surface area contributed by atoms with Gasteiger partial charge in [-0.2, -0.15) is 26.3 Å². The molecule has 0 saturated carbocycles. The summed E-state index contributed by atoms with van der Waals surface area (Å²) in [4.78, 5) is 10.7. The van der Waals surface area contributed by atoms with E-state index in [9.17, 15) is 31.1 Å². The predicted octanol–water partition coefficient (Wildman–Crippen LogP) is 3.60.